The molecule has 26 heavy (non-hydrogen) atoms. The molecule has 0 saturated heterocycles. The molecule has 0 saturated carbocycles. The summed E-state index contributed by atoms with van der Waals surface area (Å²) in [5.74, 6) is 0.483. The Morgan fingerprint density at radius 3 is 2.08 bits per heavy atom. The number of carboxylic acid groups (broad SMARTS) is 1. The number of benzene rings is 2. The Balaban J connectivity index is 2.73. The lowest BCUT2D eigenvalue weighted by atomic mass is 9.86. The first kappa shape index (κ1) is 20.0. The van der Waals surface area contributed by atoms with Crippen LogP contribution in [0.5, 0.6) is 5.75 Å². The van der Waals surface area contributed by atoms with Crippen LogP contribution in [0.1, 0.15) is 62.8 Å². The summed E-state index contributed by atoms with van der Waals surface area (Å²) < 4.78 is 5.09. The van der Waals surface area contributed by atoms with Crippen LogP contribution in [0.4, 0.5) is 4.79 Å². The molecule has 0 heterocycles. The molecule has 0 amide bonds. The first-order chi connectivity index (χ1) is 12.6. The minimum Gasteiger partial charge on any atom is -0.449 e. The lowest BCUT2D eigenvalue weighted by Gasteiger charge is -2.20. The third kappa shape index (κ3) is 4.27. The maximum Gasteiger partial charge on any atom is 0.511 e. The topological polar surface area (TPSA) is 46.5 Å². The van der Waals surface area contributed by atoms with Crippen molar-refractivity contribution >= 4 is 6.16 Å². The maximum absolute atomic E-state index is 11.1. The zero-order valence-electron chi connectivity index (χ0n) is 16.4. The molecule has 2 rings (SSSR count). The Morgan fingerprint density at radius 1 is 0.846 bits per heavy atom. The summed E-state index contributed by atoms with van der Waals surface area (Å²) in [5.41, 5.74) is 7.54. The van der Waals surface area contributed by atoms with Crippen LogP contribution in [0.2, 0.25) is 0 Å². The van der Waals surface area contributed by atoms with Crippen LogP contribution in [-0.2, 0) is 25.7 Å². The van der Waals surface area contributed by atoms with Crippen molar-refractivity contribution in [3.63, 3.8) is 0 Å². The molecule has 0 bridgehead atoms. The van der Waals surface area contributed by atoms with E-state index >= 15 is 0 Å². The van der Waals surface area contributed by atoms with Gasteiger partial charge in [-0.3, -0.25) is 0 Å². The number of hydrogen-bond acceptors (Lipinski definition) is 2. The Kier molecular flexibility index (Phi) is 7.26. The quantitative estimate of drug-likeness (QED) is 0.438. The van der Waals surface area contributed by atoms with Gasteiger partial charge in [-0.1, -0.05) is 64.8 Å². The van der Waals surface area contributed by atoms with Crippen molar-refractivity contribution in [1.29, 1.82) is 0 Å². The first-order valence-electron chi connectivity index (χ1n) is 9.73. The summed E-state index contributed by atoms with van der Waals surface area (Å²) in [5, 5.41) is 9.09. The third-order valence-electron chi connectivity index (χ3n) is 4.88. The number of hydrogen-bond donors (Lipinski definition) is 1. The summed E-state index contributed by atoms with van der Waals surface area (Å²) >= 11 is 0. The predicted molar refractivity (Wildman–Crippen MR) is 107 cm³/mol. The summed E-state index contributed by atoms with van der Waals surface area (Å²) in [7, 11) is 0. The molecule has 2 aromatic rings. The lowest BCUT2D eigenvalue weighted by molar-refractivity contribution is 0.144. The Hall–Kier alpha value is -2.29. The fourth-order valence-corrected chi connectivity index (χ4v) is 3.81. The molecule has 0 radical (unpaired) electrons. The summed E-state index contributed by atoms with van der Waals surface area (Å²) in [6.45, 7) is 8.67. The Bertz CT molecular complexity index is 762. The van der Waals surface area contributed by atoms with E-state index in [0.29, 0.717) is 5.75 Å². The van der Waals surface area contributed by atoms with Gasteiger partial charge in [0.2, 0.25) is 0 Å². The average molecular weight is 354 g/mol. The van der Waals surface area contributed by atoms with E-state index in [1.54, 1.807) is 0 Å². The van der Waals surface area contributed by atoms with E-state index in [1.165, 1.54) is 27.8 Å². The Morgan fingerprint density at radius 2 is 1.50 bits per heavy atom. The predicted octanol–water partition coefficient (Wildman–Crippen LogP) is 6.44. The summed E-state index contributed by atoms with van der Waals surface area (Å²) in [4.78, 5) is 11.1. The van der Waals surface area contributed by atoms with Gasteiger partial charge >= 0.3 is 6.16 Å². The van der Waals surface area contributed by atoms with Crippen LogP contribution < -0.4 is 4.74 Å². The van der Waals surface area contributed by atoms with Gasteiger partial charge in [-0.15, -0.1) is 0 Å². The van der Waals surface area contributed by atoms with Gasteiger partial charge in [0.25, 0.3) is 0 Å². The first-order valence-corrected chi connectivity index (χ1v) is 9.73. The van der Waals surface area contributed by atoms with Crippen LogP contribution in [0, 0.1) is 0 Å². The number of aryl methyl sites for hydroxylation is 1. The van der Waals surface area contributed by atoms with Crippen LogP contribution in [0.3, 0.4) is 0 Å². The van der Waals surface area contributed by atoms with Crippen LogP contribution in [0.15, 0.2) is 30.3 Å². The number of ether oxygens (including phenoxy) is 1. The van der Waals surface area contributed by atoms with E-state index in [4.69, 9.17) is 9.84 Å². The van der Waals surface area contributed by atoms with Crippen LogP contribution in [0.25, 0.3) is 11.1 Å². The Labute approximate surface area is 157 Å². The molecule has 1 N–H and O–H groups in total. The van der Waals surface area contributed by atoms with E-state index in [2.05, 4.69) is 45.9 Å². The normalized spacial score (nSPS) is 10.8. The largest absolute Gasteiger partial charge is 0.511 e. The smallest absolute Gasteiger partial charge is 0.449 e. The van der Waals surface area contributed by atoms with Crippen LogP contribution >= 0.6 is 0 Å². The van der Waals surface area contributed by atoms with Crippen molar-refractivity contribution in [2.45, 2.75) is 66.2 Å². The van der Waals surface area contributed by atoms with Crippen molar-refractivity contribution in [2.75, 3.05) is 0 Å². The minimum atomic E-state index is -1.25. The van der Waals surface area contributed by atoms with Gasteiger partial charge < -0.3 is 9.84 Å². The second-order valence-electron chi connectivity index (χ2n) is 6.59. The molecule has 2 aromatic carbocycles. The van der Waals surface area contributed by atoms with E-state index in [0.717, 1.165) is 44.1 Å². The van der Waals surface area contributed by atoms with Gasteiger partial charge in [0, 0.05) is 0 Å². The fourth-order valence-electron chi connectivity index (χ4n) is 3.81. The zero-order valence-corrected chi connectivity index (χ0v) is 16.4. The molecule has 140 valence electrons. The molecular formula is C23H30O3. The molecule has 0 aromatic heterocycles. The van der Waals surface area contributed by atoms with E-state index < -0.39 is 6.16 Å². The highest BCUT2D eigenvalue weighted by Crippen LogP contribution is 2.37. The van der Waals surface area contributed by atoms with Gasteiger partial charge in [-0.2, -0.15) is 0 Å². The van der Waals surface area contributed by atoms with Gasteiger partial charge in [-0.25, -0.2) is 4.79 Å². The molecule has 0 spiro atoms. The highest BCUT2D eigenvalue weighted by molar-refractivity contribution is 5.75. The van der Waals surface area contributed by atoms with E-state index in [9.17, 15) is 4.79 Å². The highest BCUT2D eigenvalue weighted by atomic mass is 16.7. The van der Waals surface area contributed by atoms with Crippen molar-refractivity contribution in [1.82, 2.24) is 0 Å². The molecule has 3 heteroatoms. The summed E-state index contributed by atoms with van der Waals surface area (Å²) in [6.07, 6.45) is 4.45. The van der Waals surface area contributed by atoms with Crippen molar-refractivity contribution in [2.24, 2.45) is 0 Å². The molecule has 3 nitrogen and oxygen atoms in total. The molecule has 0 aliphatic carbocycles. The lowest BCUT2D eigenvalue weighted by Crippen LogP contribution is -2.08. The molecular weight excluding hydrogens is 324 g/mol. The van der Waals surface area contributed by atoms with Gasteiger partial charge in [0.15, 0.2) is 0 Å². The maximum atomic E-state index is 11.1. The molecule has 0 aliphatic heterocycles. The standard InChI is InChI=1S/C23H30O3/c1-5-10-18-20(19-13-9-12-16(7-3)17(19)8-4)14-15-22(26-23(24)25)21(18)11-6-2/h9,12-15H,5-8,10-11H2,1-4H3,(H,24,25). The monoisotopic (exact) mass is 354 g/mol. The highest BCUT2D eigenvalue weighted by Gasteiger charge is 2.18. The average Bonchev–Trinajstić information content (AvgIpc) is 2.63. The molecule has 0 aliphatic rings. The summed E-state index contributed by atoms with van der Waals surface area (Å²) in [6, 6.07) is 10.4. The SMILES string of the molecule is CCCc1c(OC(=O)O)ccc(-c2cccc(CC)c2CC)c1CCC. The molecule has 0 fully saturated rings. The molecule has 0 atom stereocenters. The molecule has 0 unspecified atom stereocenters. The van der Waals surface area contributed by atoms with Crippen molar-refractivity contribution < 1.29 is 14.6 Å². The van der Waals surface area contributed by atoms with E-state index in [-0.39, 0.29) is 0 Å². The number of carbonyl (C=O) groups is 1. The van der Waals surface area contributed by atoms with Crippen molar-refractivity contribution in [3.05, 3.63) is 52.6 Å². The number of rotatable bonds is 8. The zero-order chi connectivity index (χ0) is 19.1. The van der Waals surface area contributed by atoms with Crippen molar-refractivity contribution in [3.8, 4) is 16.9 Å². The minimum absolute atomic E-state index is 0.483. The third-order valence-corrected chi connectivity index (χ3v) is 4.88. The van der Waals surface area contributed by atoms with Crippen LogP contribution in [-0.4, -0.2) is 11.3 Å². The second kappa shape index (κ2) is 9.42. The van der Waals surface area contributed by atoms with Gasteiger partial charge in [-0.05, 0) is 65.1 Å². The van der Waals surface area contributed by atoms with Gasteiger partial charge in [0.1, 0.15) is 5.75 Å². The van der Waals surface area contributed by atoms with Gasteiger partial charge in [0.05, 0.1) is 0 Å². The second-order valence-corrected chi connectivity index (χ2v) is 6.59. The van der Waals surface area contributed by atoms with E-state index in [1.807, 2.05) is 12.1 Å². The fraction of sp³-hybridized carbons (Fsp3) is 0.435.